The fourth-order valence-electron chi connectivity index (χ4n) is 2.92. The van der Waals surface area contributed by atoms with E-state index in [1.54, 1.807) is 7.11 Å². The molecule has 0 aliphatic carbocycles. The Morgan fingerprint density at radius 1 is 1.46 bits per heavy atom. The first-order valence-electron chi connectivity index (χ1n) is 7.53. The standard InChI is InChI=1S/C15H19N3O4S2/c1-9-6-7-11(22-2)12-13(9)23-15(16-12)17-14(19)10-5-4-8-18(10)24(3,20)21/h6-7,10H,4-5,8H2,1-3H3,(H,16,17,19)/t10-/m0/s1. The summed E-state index contributed by atoms with van der Waals surface area (Å²) in [7, 11) is -1.82. The molecule has 1 aliphatic heterocycles. The Kier molecular flexibility index (Phi) is 4.50. The number of hydrogen-bond acceptors (Lipinski definition) is 6. The van der Waals surface area contributed by atoms with Crippen LogP contribution < -0.4 is 10.1 Å². The molecule has 2 heterocycles. The number of hydrogen-bond donors (Lipinski definition) is 1. The summed E-state index contributed by atoms with van der Waals surface area (Å²) in [6, 6.07) is 3.11. The lowest BCUT2D eigenvalue weighted by molar-refractivity contribution is -0.119. The van der Waals surface area contributed by atoms with Gasteiger partial charge >= 0.3 is 0 Å². The van der Waals surface area contributed by atoms with Crippen LogP contribution in [0.25, 0.3) is 10.2 Å². The molecular weight excluding hydrogens is 350 g/mol. The lowest BCUT2D eigenvalue weighted by Crippen LogP contribution is -2.42. The van der Waals surface area contributed by atoms with Gasteiger partial charge in [-0.1, -0.05) is 17.4 Å². The van der Waals surface area contributed by atoms with E-state index in [9.17, 15) is 13.2 Å². The van der Waals surface area contributed by atoms with Gasteiger partial charge in [0.1, 0.15) is 17.3 Å². The zero-order valence-corrected chi connectivity index (χ0v) is 15.3. The molecule has 0 saturated carbocycles. The number of aryl methyl sites for hydroxylation is 1. The summed E-state index contributed by atoms with van der Waals surface area (Å²) in [5, 5.41) is 3.21. The van der Waals surface area contributed by atoms with Crippen molar-refractivity contribution in [1.29, 1.82) is 0 Å². The second-order valence-corrected chi connectivity index (χ2v) is 8.74. The molecule has 0 bridgehead atoms. The van der Waals surface area contributed by atoms with Crippen LogP contribution in [0.5, 0.6) is 5.75 Å². The molecule has 0 radical (unpaired) electrons. The highest BCUT2D eigenvalue weighted by molar-refractivity contribution is 7.88. The maximum atomic E-state index is 12.5. The van der Waals surface area contributed by atoms with Crippen molar-refractivity contribution in [3.05, 3.63) is 17.7 Å². The van der Waals surface area contributed by atoms with Crippen LogP contribution in [-0.4, -0.2) is 49.6 Å². The average molecular weight is 369 g/mol. The van der Waals surface area contributed by atoms with Gasteiger partial charge in [0.05, 0.1) is 18.1 Å². The van der Waals surface area contributed by atoms with Crippen LogP contribution >= 0.6 is 11.3 Å². The first kappa shape index (κ1) is 17.1. The fraction of sp³-hybridized carbons (Fsp3) is 0.467. The Morgan fingerprint density at radius 3 is 2.88 bits per heavy atom. The lowest BCUT2D eigenvalue weighted by Gasteiger charge is -2.20. The third kappa shape index (κ3) is 3.11. The van der Waals surface area contributed by atoms with Gasteiger partial charge in [0, 0.05) is 6.54 Å². The molecule has 9 heteroatoms. The van der Waals surface area contributed by atoms with Crippen molar-refractivity contribution < 1.29 is 17.9 Å². The number of methoxy groups -OCH3 is 1. The highest BCUT2D eigenvalue weighted by atomic mass is 32.2. The van der Waals surface area contributed by atoms with E-state index >= 15 is 0 Å². The minimum absolute atomic E-state index is 0.339. The summed E-state index contributed by atoms with van der Waals surface area (Å²) in [6.07, 6.45) is 2.33. The topological polar surface area (TPSA) is 88.6 Å². The van der Waals surface area contributed by atoms with E-state index in [2.05, 4.69) is 10.3 Å². The molecule has 1 fully saturated rings. The zero-order valence-electron chi connectivity index (χ0n) is 13.7. The van der Waals surface area contributed by atoms with E-state index in [1.165, 1.54) is 15.6 Å². The number of aromatic nitrogens is 1. The van der Waals surface area contributed by atoms with Gasteiger partial charge in [0.15, 0.2) is 5.13 Å². The number of carbonyl (C=O) groups excluding carboxylic acids is 1. The van der Waals surface area contributed by atoms with Crippen molar-refractivity contribution in [2.75, 3.05) is 25.2 Å². The average Bonchev–Trinajstić information content (AvgIpc) is 3.13. The van der Waals surface area contributed by atoms with E-state index in [4.69, 9.17) is 4.74 Å². The second-order valence-electron chi connectivity index (χ2n) is 5.80. The summed E-state index contributed by atoms with van der Waals surface area (Å²) in [5.74, 6) is 0.305. The molecule has 7 nitrogen and oxygen atoms in total. The minimum Gasteiger partial charge on any atom is -0.494 e. The molecule has 0 unspecified atom stereocenters. The van der Waals surface area contributed by atoms with Crippen molar-refractivity contribution >= 4 is 42.6 Å². The lowest BCUT2D eigenvalue weighted by atomic mass is 10.2. The van der Waals surface area contributed by atoms with E-state index < -0.39 is 16.1 Å². The number of carbonyl (C=O) groups is 1. The second kappa shape index (κ2) is 6.30. The highest BCUT2D eigenvalue weighted by Gasteiger charge is 2.36. The molecule has 1 aromatic carbocycles. The molecular formula is C15H19N3O4S2. The Labute approximate surface area is 144 Å². The number of nitrogens with zero attached hydrogens (tertiary/aromatic N) is 2. The Balaban J connectivity index is 1.87. The Morgan fingerprint density at radius 2 is 2.21 bits per heavy atom. The molecule has 1 aliphatic rings. The van der Waals surface area contributed by atoms with E-state index in [1.807, 2.05) is 19.1 Å². The van der Waals surface area contributed by atoms with Crippen LogP contribution in [0.1, 0.15) is 18.4 Å². The van der Waals surface area contributed by atoms with E-state index in [0.29, 0.717) is 35.8 Å². The summed E-state index contributed by atoms with van der Waals surface area (Å²) in [6.45, 7) is 2.34. The van der Waals surface area contributed by atoms with Crippen LogP contribution in [0.3, 0.4) is 0 Å². The van der Waals surface area contributed by atoms with Crippen molar-refractivity contribution in [2.45, 2.75) is 25.8 Å². The number of rotatable bonds is 4. The minimum atomic E-state index is -3.40. The number of thiazole rings is 1. The summed E-state index contributed by atoms with van der Waals surface area (Å²) >= 11 is 1.36. The predicted octanol–water partition coefficient (Wildman–Crippen LogP) is 1.98. The van der Waals surface area contributed by atoms with Crippen molar-refractivity contribution in [1.82, 2.24) is 9.29 Å². The van der Waals surface area contributed by atoms with Crippen molar-refractivity contribution in [3.63, 3.8) is 0 Å². The largest absolute Gasteiger partial charge is 0.494 e. The molecule has 1 N–H and O–H groups in total. The van der Waals surface area contributed by atoms with Gasteiger partial charge in [-0.05, 0) is 31.4 Å². The van der Waals surface area contributed by atoms with Gasteiger partial charge in [-0.2, -0.15) is 4.31 Å². The number of anilines is 1. The normalized spacial score (nSPS) is 18.9. The first-order valence-corrected chi connectivity index (χ1v) is 10.2. The number of fused-ring (bicyclic) bond motifs is 1. The predicted molar refractivity (Wildman–Crippen MR) is 94.1 cm³/mol. The molecule has 2 aromatic rings. The summed E-state index contributed by atoms with van der Waals surface area (Å²) in [4.78, 5) is 16.9. The van der Waals surface area contributed by atoms with Gasteiger partial charge in [0.25, 0.3) is 0 Å². The smallest absolute Gasteiger partial charge is 0.244 e. The SMILES string of the molecule is COc1ccc(C)c2sc(NC(=O)[C@@H]3CCCN3S(C)(=O)=O)nc12. The monoisotopic (exact) mass is 369 g/mol. The van der Waals surface area contributed by atoms with Gasteiger partial charge < -0.3 is 10.1 Å². The molecule has 1 saturated heterocycles. The number of benzene rings is 1. The zero-order chi connectivity index (χ0) is 17.5. The van der Waals surface area contributed by atoms with E-state index in [0.717, 1.165) is 16.5 Å². The molecule has 3 rings (SSSR count). The Hall–Kier alpha value is -1.71. The van der Waals surface area contributed by atoms with Gasteiger partial charge in [-0.25, -0.2) is 13.4 Å². The molecule has 24 heavy (non-hydrogen) atoms. The first-order chi connectivity index (χ1) is 11.3. The van der Waals surface area contributed by atoms with Crippen LogP contribution in [0, 0.1) is 6.92 Å². The maximum Gasteiger partial charge on any atom is 0.244 e. The van der Waals surface area contributed by atoms with Gasteiger partial charge in [-0.15, -0.1) is 0 Å². The van der Waals surface area contributed by atoms with E-state index in [-0.39, 0.29) is 5.91 Å². The molecule has 130 valence electrons. The van der Waals surface area contributed by atoms with Crippen molar-refractivity contribution in [2.24, 2.45) is 0 Å². The number of amides is 1. The fourth-order valence-corrected chi connectivity index (χ4v) is 4.99. The van der Waals surface area contributed by atoms with Gasteiger partial charge in [-0.3, -0.25) is 4.79 Å². The number of nitrogens with one attached hydrogen (secondary N) is 1. The van der Waals surface area contributed by atoms with Crippen LogP contribution in [0.2, 0.25) is 0 Å². The quantitative estimate of drug-likeness (QED) is 0.890. The Bertz CT molecular complexity index is 892. The maximum absolute atomic E-state index is 12.5. The van der Waals surface area contributed by atoms with Crippen LogP contribution in [0.4, 0.5) is 5.13 Å². The molecule has 1 amide bonds. The number of sulfonamides is 1. The molecule has 1 atom stereocenters. The molecule has 0 spiro atoms. The van der Waals surface area contributed by atoms with Crippen LogP contribution in [-0.2, 0) is 14.8 Å². The number of ether oxygens (including phenoxy) is 1. The van der Waals surface area contributed by atoms with Crippen LogP contribution in [0.15, 0.2) is 12.1 Å². The third-order valence-electron chi connectivity index (χ3n) is 4.09. The molecule has 1 aromatic heterocycles. The highest BCUT2D eigenvalue weighted by Crippen LogP contribution is 2.35. The van der Waals surface area contributed by atoms with Gasteiger partial charge in [0.2, 0.25) is 15.9 Å². The third-order valence-corrected chi connectivity index (χ3v) is 6.48. The summed E-state index contributed by atoms with van der Waals surface area (Å²) < 4.78 is 31.1. The summed E-state index contributed by atoms with van der Waals surface area (Å²) in [5.41, 5.74) is 1.74. The van der Waals surface area contributed by atoms with Crippen molar-refractivity contribution in [3.8, 4) is 5.75 Å².